The molecule has 0 saturated carbocycles. The van der Waals surface area contributed by atoms with Crippen molar-refractivity contribution in [3.05, 3.63) is 18.2 Å². The number of aromatic nitrogens is 2. The summed E-state index contributed by atoms with van der Waals surface area (Å²) >= 11 is 0. The van der Waals surface area contributed by atoms with Gasteiger partial charge in [-0.1, -0.05) is 13.8 Å². The van der Waals surface area contributed by atoms with Gasteiger partial charge in [0.15, 0.2) is 0 Å². The molecule has 2 unspecified atom stereocenters. The maximum absolute atomic E-state index is 12.7. The van der Waals surface area contributed by atoms with Gasteiger partial charge in [0, 0.05) is 45.1 Å². The Morgan fingerprint density at radius 3 is 3.08 bits per heavy atom. The standard InChI is InChI=1S/C18H31N5O2/c1-14(2)12-22-9-10-25-15(13-22)11-21-18(24)23-8-4-3-5-16(23)17-19-6-7-20-17/h6-7,14-16H,3-5,8-13H2,1-2H3,(H,19,20)(H,21,24). The van der Waals surface area contributed by atoms with Crippen LogP contribution in [0.3, 0.4) is 0 Å². The molecule has 2 saturated heterocycles. The lowest BCUT2D eigenvalue weighted by atomic mass is 10.0. The first-order valence-corrected chi connectivity index (χ1v) is 9.51. The zero-order valence-electron chi connectivity index (χ0n) is 15.4. The van der Waals surface area contributed by atoms with E-state index in [0.29, 0.717) is 12.5 Å². The first-order chi connectivity index (χ1) is 12.1. The average molecular weight is 349 g/mol. The number of piperidine rings is 1. The number of ether oxygens (including phenoxy) is 1. The molecule has 0 bridgehead atoms. The van der Waals surface area contributed by atoms with Crippen molar-refractivity contribution < 1.29 is 9.53 Å². The Morgan fingerprint density at radius 2 is 2.32 bits per heavy atom. The van der Waals surface area contributed by atoms with Crippen LogP contribution in [0, 0.1) is 5.92 Å². The summed E-state index contributed by atoms with van der Waals surface area (Å²) < 4.78 is 5.83. The Labute approximate surface area is 150 Å². The number of carbonyl (C=O) groups excluding carboxylic acids is 1. The van der Waals surface area contributed by atoms with Crippen LogP contribution in [-0.2, 0) is 4.74 Å². The molecule has 2 aliphatic rings. The Balaban J connectivity index is 1.51. The number of nitrogens with zero attached hydrogens (tertiary/aromatic N) is 3. The van der Waals surface area contributed by atoms with E-state index in [4.69, 9.17) is 4.74 Å². The van der Waals surface area contributed by atoms with E-state index in [2.05, 4.69) is 34.0 Å². The molecule has 2 aliphatic heterocycles. The number of aromatic amines is 1. The maximum atomic E-state index is 12.7. The Hall–Kier alpha value is -1.60. The van der Waals surface area contributed by atoms with E-state index in [1.165, 1.54) is 0 Å². The number of nitrogens with one attached hydrogen (secondary N) is 2. The predicted octanol–water partition coefficient (Wildman–Crippen LogP) is 2.00. The van der Waals surface area contributed by atoms with Gasteiger partial charge in [0.1, 0.15) is 5.82 Å². The molecule has 2 fully saturated rings. The van der Waals surface area contributed by atoms with Crippen molar-refractivity contribution >= 4 is 6.03 Å². The SMILES string of the molecule is CC(C)CN1CCOC(CNC(=O)N2CCCCC2c2ncc[nH]2)C1. The number of carbonyl (C=O) groups is 1. The molecule has 1 aromatic heterocycles. The number of hydrogen-bond acceptors (Lipinski definition) is 4. The highest BCUT2D eigenvalue weighted by atomic mass is 16.5. The van der Waals surface area contributed by atoms with Gasteiger partial charge in [-0.15, -0.1) is 0 Å². The normalized spacial score (nSPS) is 25.3. The second-order valence-corrected chi connectivity index (χ2v) is 7.51. The van der Waals surface area contributed by atoms with E-state index in [9.17, 15) is 4.79 Å². The number of imidazole rings is 1. The fourth-order valence-electron chi connectivity index (χ4n) is 3.81. The molecule has 7 nitrogen and oxygen atoms in total. The van der Waals surface area contributed by atoms with Gasteiger partial charge < -0.3 is 19.9 Å². The van der Waals surface area contributed by atoms with Gasteiger partial charge in [-0.3, -0.25) is 4.90 Å². The Bertz CT molecular complexity index is 534. The minimum Gasteiger partial charge on any atom is -0.374 e. The first-order valence-electron chi connectivity index (χ1n) is 9.51. The quantitative estimate of drug-likeness (QED) is 0.853. The molecule has 140 valence electrons. The van der Waals surface area contributed by atoms with Crippen molar-refractivity contribution in [1.29, 1.82) is 0 Å². The van der Waals surface area contributed by atoms with Gasteiger partial charge in [-0.25, -0.2) is 9.78 Å². The van der Waals surface area contributed by atoms with Crippen LogP contribution < -0.4 is 5.32 Å². The summed E-state index contributed by atoms with van der Waals surface area (Å²) in [6.07, 6.45) is 6.78. The van der Waals surface area contributed by atoms with E-state index in [0.717, 1.165) is 57.9 Å². The summed E-state index contributed by atoms with van der Waals surface area (Å²) in [5, 5.41) is 3.08. The van der Waals surface area contributed by atoms with Gasteiger partial charge in [0.05, 0.1) is 18.8 Å². The van der Waals surface area contributed by atoms with Crippen molar-refractivity contribution in [3.8, 4) is 0 Å². The van der Waals surface area contributed by atoms with Crippen molar-refractivity contribution in [2.45, 2.75) is 45.3 Å². The van der Waals surface area contributed by atoms with Crippen LogP contribution in [0.1, 0.15) is 45.0 Å². The van der Waals surface area contributed by atoms with Crippen molar-refractivity contribution in [3.63, 3.8) is 0 Å². The summed E-state index contributed by atoms with van der Waals surface area (Å²) in [5.41, 5.74) is 0. The second kappa shape index (κ2) is 8.67. The van der Waals surface area contributed by atoms with Gasteiger partial charge in [0.25, 0.3) is 0 Å². The molecule has 0 spiro atoms. The highest BCUT2D eigenvalue weighted by Crippen LogP contribution is 2.28. The van der Waals surface area contributed by atoms with Gasteiger partial charge >= 0.3 is 6.03 Å². The molecule has 1 aromatic rings. The maximum Gasteiger partial charge on any atom is 0.318 e. The largest absolute Gasteiger partial charge is 0.374 e. The highest BCUT2D eigenvalue weighted by Gasteiger charge is 2.30. The van der Waals surface area contributed by atoms with E-state index < -0.39 is 0 Å². The molecule has 25 heavy (non-hydrogen) atoms. The van der Waals surface area contributed by atoms with Crippen LogP contribution in [0.2, 0.25) is 0 Å². The third-order valence-electron chi connectivity index (χ3n) is 4.93. The van der Waals surface area contributed by atoms with Crippen LogP contribution in [0.5, 0.6) is 0 Å². The predicted molar refractivity (Wildman–Crippen MR) is 96.3 cm³/mol. The van der Waals surface area contributed by atoms with E-state index in [1.54, 1.807) is 6.20 Å². The third-order valence-corrected chi connectivity index (χ3v) is 4.93. The van der Waals surface area contributed by atoms with Crippen LogP contribution in [0.25, 0.3) is 0 Å². The summed E-state index contributed by atoms with van der Waals surface area (Å²) in [6.45, 7) is 9.51. The highest BCUT2D eigenvalue weighted by molar-refractivity contribution is 5.74. The molecular weight excluding hydrogens is 318 g/mol. The van der Waals surface area contributed by atoms with Crippen LogP contribution in [-0.4, -0.2) is 71.2 Å². The number of likely N-dealkylation sites (tertiary alicyclic amines) is 1. The van der Waals surface area contributed by atoms with Crippen molar-refractivity contribution in [2.24, 2.45) is 5.92 Å². The lowest BCUT2D eigenvalue weighted by molar-refractivity contribution is -0.0296. The molecule has 0 radical (unpaired) electrons. The second-order valence-electron chi connectivity index (χ2n) is 7.51. The summed E-state index contributed by atoms with van der Waals surface area (Å²) in [6, 6.07) is 0.0409. The number of rotatable bonds is 5. The number of amides is 2. The summed E-state index contributed by atoms with van der Waals surface area (Å²) in [4.78, 5) is 24.6. The fraction of sp³-hybridized carbons (Fsp3) is 0.778. The topological polar surface area (TPSA) is 73.5 Å². The van der Waals surface area contributed by atoms with Gasteiger partial charge in [-0.2, -0.15) is 0 Å². The molecule has 3 heterocycles. The number of hydrogen-bond donors (Lipinski definition) is 2. The molecule has 0 aliphatic carbocycles. The molecule has 0 aromatic carbocycles. The summed E-state index contributed by atoms with van der Waals surface area (Å²) in [7, 11) is 0. The molecular formula is C18H31N5O2. The van der Waals surface area contributed by atoms with Crippen LogP contribution in [0.15, 0.2) is 12.4 Å². The lowest BCUT2D eigenvalue weighted by Gasteiger charge is -2.36. The minimum absolute atomic E-state index is 0.00863. The third kappa shape index (κ3) is 4.95. The first kappa shape index (κ1) is 18.2. The fourth-order valence-corrected chi connectivity index (χ4v) is 3.81. The smallest absolute Gasteiger partial charge is 0.318 e. The Kier molecular flexibility index (Phi) is 6.31. The van der Waals surface area contributed by atoms with E-state index in [1.807, 2.05) is 11.1 Å². The molecule has 7 heteroatoms. The zero-order valence-corrected chi connectivity index (χ0v) is 15.4. The van der Waals surface area contributed by atoms with Crippen molar-refractivity contribution in [2.75, 3.05) is 39.3 Å². The van der Waals surface area contributed by atoms with Crippen molar-refractivity contribution in [1.82, 2.24) is 25.1 Å². The average Bonchev–Trinajstić information content (AvgIpc) is 3.14. The number of H-pyrrole nitrogens is 1. The monoisotopic (exact) mass is 349 g/mol. The van der Waals surface area contributed by atoms with Crippen LogP contribution in [0.4, 0.5) is 4.79 Å². The Morgan fingerprint density at radius 1 is 1.44 bits per heavy atom. The lowest BCUT2D eigenvalue weighted by Crippen LogP contribution is -2.51. The van der Waals surface area contributed by atoms with Gasteiger partial charge in [0.2, 0.25) is 0 Å². The van der Waals surface area contributed by atoms with E-state index in [-0.39, 0.29) is 18.2 Å². The summed E-state index contributed by atoms with van der Waals surface area (Å²) in [5.74, 6) is 1.53. The number of urea groups is 1. The van der Waals surface area contributed by atoms with E-state index >= 15 is 0 Å². The van der Waals surface area contributed by atoms with Gasteiger partial charge in [-0.05, 0) is 25.2 Å². The zero-order chi connectivity index (χ0) is 17.6. The molecule has 2 N–H and O–H groups in total. The van der Waals surface area contributed by atoms with Crippen LogP contribution >= 0.6 is 0 Å². The molecule has 3 rings (SSSR count). The minimum atomic E-state index is -0.00863. The number of morpholine rings is 1. The molecule has 2 amide bonds. The molecule has 2 atom stereocenters.